The van der Waals surface area contributed by atoms with E-state index in [1.165, 1.54) is 15.6 Å². The van der Waals surface area contributed by atoms with Crippen LogP contribution in [0.15, 0.2) is 6.20 Å². The molecule has 2 heterocycles. The summed E-state index contributed by atoms with van der Waals surface area (Å²) >= 11 is 1.51. The molecule has 0 bridgehead atoms. The van der Waals surface area contributed by atoms with E-state index in [1.54, 1.807) is 6.20 Å². The number of hydrogen-bond donors (Lipinski definition) is 2. The fourth-order valence-electron chi connectivity index (χ4n) is 1.81. The molecule has 1 atom stereocenters. The van der Waals surface area contributed by atoms with E-state index in [4.69, 9.17) is 0 Å². The van der Waals surface area contributed by atoms with Crippen LogP contribution in [0.25, 0.3) is 0 Å². The zero-order valence-electron chi connectivity index (χ0n) is 10.5. The molecule has 0 radical (unpaired) electrons. The van der Waals surface area contributed by atoms with Crippen LogP contribution in [0.5, 0.6) is 0 Å². The molecule has 6 nitrogen and oxygen atoms in total. The summed E-state index contributed by atoms with van der Waals surface area (Å²) in [5.74, 6) is 0. The van der Waals surface area contributed by atoms with E-state index in [0.29, 0.717) is 26.2 Å². The Morgan fingerprint density at radius 3 is 2.72 bits per heavy atom. The van der Waals surface area contributed by atoms with Crippen molar-refractivity contribution in [3.63, 3.8) is 0 Å². The highest BCUT2D eigenvalue weighted by Crippen LogP contribution is 2.20. The largest absolute Gasteiger partial charge is 0.314 e. The summed E-state index contributed by atoms with van der Waals surface area (Å²) in [6, 6.07) is -0.288. The maximum absolute atomic E-state index is 12.1. The minimum absolute atomic E-state index is 0.288. The molecule has 2 rings (SSSR count). The number of aryl methyl sites for hydroxylation is 1. The summed E-state index contributed by atoms with van der Waals surface area (Å²) in [6.45, 7) is 6.20. The first-order valence-corrected chi connectivity index (χ1v) is 8.15. The number of hydrogen-bond acceptors (Lipinski definition) is 5. The monoisotopic (exact) mass is 290 g/mol. The highest BCUT2D eigenvalue weighted by atomic mass is 32.2. The van der Waals surface area contributed by atoms with Crippen LogP contribution in [0, 0.1) is 6.92 Å². The SMILES string of the molecule is Cc1cnc(C(C)NS(=O)(=O)N2CCNCC2)s1. The maximum Gasteiger partial charge on any atom is 0.280 e. The van der Waals surface area contributed by atoms with Crippen molar-refractivity contribution in [3.05, 3.63) is 16.1 Å². The molecule has 0 amide bonds. The van der Waals surface area contributed by atoms with Gasteiger partial charge in [-0.05, 0) is 13.8 Å². The number of rotatable bonds is 4. The van der Waals surface area contributed by atoms with Gasteiger partial charge in [-0.2, -0.15) is 17.4 Å². The van der Waals surface area contributed by atoms with E-state index in [9.17, 15) is 8.42 Å². The van der Waals surface area contributed by atoms with Gasteiger partial charge >= 0.3 is 0 Å². The van der Waals surface area contributed by atoms with E-state index in [2.05, 4.69) is 15.0 Å². The van der Waals surface area contributed by atoms with Crippen LogP contribution in [0.4, 0.5) is 0 Å². The summed E-state index contributed by atoms with van der Waals surface area (Å²) in [4.78, 5) is 5.29. The van der Waals surface area contributed by atoms with Gasteiger partial charge in [0, 0.05) is 37.3 Å². The van der Waals surface area contributed by atoms with Crippen molar-refractivity contribution in [2.75, 3.05) is 26.2 Å². The Morgan fingerprint density at radius 1 is 1.50 bits per heavy atom. The molecule has 1 aromatic heterocycles. The molecule has 1 saturated heterocycles. The quantitative estimate of drug-likeness (QED) is 0.834. The highest BCUT2D eigenvalue weighted by Gasteiger charge is 2.26. The first-order valence-electron chi connectivity index (χ1n) is 5.89. The molecule has 0 aliphatic carbocycles. The van der Waals surface area contributed by atoms with Gasteiger partial charge in [0.15, 0.2) is 0 Å². The predicted molar refractivity (Wildman–Crippen MR) is 71.8 cm³/mol. The number of piperazine rings is 1. The lowest BCUT2D eigenvalue weighted by Crippen LogP contribution is -2.50. The Balaban J connectivity index is 2.03. The van der Waals surface area contributed by atoms with Crippen LogP contribution < -0.4 is 10.0 Å². The van der Waals surface area contributed by atoms with Gasteiger partial charge < -0.3 is 5.32 Å². The van der Waals surface area contributed by atoms with E-state index in [0.717, 1.165) is 9.88 Å². The second-order valence-corrected chi connectivity index (χ2v) is 7.27. The molecule has 0 saturated carbocycles. The third kappa shape index (κ3) is 3.27. The number of nitrogens with zero attached hydrogens (tertiary/aromatic N) is 2. The van der Waals surface area contributed by atoms with E-state index in [1.807, 2.05) is 13.8 Å². The minimum Gasteiger partial charge on any atom is -0.314 e. The van der Waals surface area contributed by atoms with Crippen molar-refractivity contribution in [2.24, 2.45) is 0 Å². The van der Waals surface area contributed by atoms with Crippen LogP contribution >= 0.6 is 11.3 Å². The smallest absolute Gasteiger partial charge is 0.280 e. The van der Waals surface area contributed by atoms with Crippen molar-refractivity contribution >= 4 is 21.5 Å². The van der Waals surface area contributed by atoms with Crippen molar-refractivity contribution < 1.29 is 8.42 Å². The van der Waals surface area contributed by atoms with Gasteiger partial charge in [-0.3, -0.25) is 0 Å². The van der Waals surface area contributed by atoms with E-state index in [-0.39, 0.29) is 6.04 Å². The van der Waals surface area contributed by atoms with Crippen LogP contribution in [-0.4, -0.2) is 43.9 Å². The second-order valence-electron chi connectivity index (χ2n) is 4.30. The molecule has 0 spiro atoms. The number of thiazole rings is 1. The molecule has 102 valence electrons. The molecule has 1 aliphatic heterocycles. The summed E-state index contributed by atoms with van der Waals surface area (Å²) in [5.41, 5.74) is 0. The third-order valence-corrected chi connectivity index (χ3v) is 5.54. The lowest BCUT2D eigenvalue weighted by atomic mass is 10.4. The van der Waals surface area contributed by atoms with Gasteiger partial charge in [-0.1, -0.05) is 0 Å². The Kier molecular flexibility index (Phi) is 4.33. The second kappa shape index (κ2) is 5.62. The first-order chi connectivity index (χ1) is 8.49. The molecule has 1 aliphatic rings. The average Bonchev–Trinajstić information content (AvgIpc) is 2.77. The van der Waals surface area contributed by atoms with Gasteiger partial charge in [0.1, 0.15) is 5.01 Å². The average molecular weight is 290 g/mol. The molecule has 18 heavy (non-hydrogen) atoms. The maximum atomic E-state index is 12.1. The molecular weight excluding hydrogens is 272 g/mol. The topological polar surface area (TPSA) is 74.3 Å². The van der Waals surface area contributed by atoms with Gasteiger partial charge in [0.05, 0.1) is 6.04 Å². The van der Waals surface area contributed by atoms with Crippen LogP contribution in [0.3, 0.4) is 0 Å². The predicted octanol–water partition coefficient (Wildman–Crippen LogP) is 0.252. The zero-order chi connectivity index (χ0) is 13.2. The molecular formula is C10H18N4O2S2. The van der Waals surface area contributed by atoms with Crippen molar-refractivity contribution in [2.45, 2.75) is 19.9 Å². The van der Waals surface area contributed by atoms with Crippen LogP contribution in [0.1, 0.15) is 22.9 Å². The molecule has 8 heteroatoms. The zero-order valence-corrected chi connectivity index (χ0v) is 12.1. The minimum atomic E-state index is -3.41. The lowest BCUT2D eigenvalue weighted by Gasteiger charge is -2.27. The van der Waals surface area contributed by atoms with Crippen molar-refractivity contribution in [3.8, 4) is 0 Å². The Morgan fingerprint density at radius 2 is 2.17 bits per heavy atom. The Hall–Kier alpha value is -0.540. The standard InChI is InChI=1S/C10H18N4O2S2/c1-8-7-12-10(17-8)9(2)13-18(15,16)14-5-3-11-4-6-14/h7,9,11,13H,3-6H2,1-2H3. The highest BCUT2D eigenvalue weighted by molar-refractivity contribution is 7.87. The summed E-state index contributed by atoms with van der Waals surface area (Å²) in [6.07, 6.45) is 1.76. The third-order valence-electron chi connectivity index (χ3n) is 2.75. The van der Waals surface area contributed by atoms with E-state index >= 15 is 0 Å². The fourth-order valence-corrected chi connectivity index (χ4v) is 4.03. The van der Waals surface area contributed by atoms with Crippen molar-refractivity contribution in [1.29, 1.82) is 0 Å². The fraction of sp³-hybridized carbons (Fsp3) is 0.700. The molecule has 1 fully saturated rings. The number of aromatic nitrogens is 1. The number of nitrogens with one attached hydrogen (secondary N) is 2. The Bertz CT molecular complexity index is 494. The van der Waals surface area contributed by atoms with Gasteiger partial charge in [0.25, 0.3) is 10.2 Å². The molecule has 2 N–H and O–H groups in total. The van der Waals surface area contributed by atoms with Gasteiger partial charge in [0.2, 0.25) is 0 Å². The first kappa shape index (κ1) is 13.9. The van der Waals surface area contributed by atoms with Gasteiger partial charge in [-0.15, -0.1) is 11.3 Å². The Labute approximate surface area is 112 Å². The molecule has 1 aromatic rings. The normalized spacial score (nSPS) is 19.9. The lowest BCUT2D eigenvalue weighted by molar-refractivity contribution is 0.352. The van der Waals surface area contributed by atoms with Crippen molar-refractivity contribution in [1.82, 2.24) is 19.3 Å². The van der Waals surface area contributed by atoms with Crippen LogP contribution in [0.2, 0.25) is 0 Å². The van der Waals surface area contributed by atoms with Crippen LogP contribution in [-0.2, 0) is 10.2 Å². The summed E-state index contributed by atoms with van der Waals surface area (Å²) in [7, 11) is -3.41. The van der Waals surface area contributed by atoms with E-state index < -0.39 is 10.2 Å². The molecule has 0 aromatic carbocycles. The van der Waals surface area contributed by atoms with Gasteiger partial charge in [-0.25, -0.2) is 4.98 Å². The summed E-state index contributed by atoms with van der Waals surface area (Å²) < 4.78 is 28.4. The summed E-state index contributed by atoms with van der Waals surface area (Å²) in [5, 5.41) is 3.93. The molecule has 1 unspecified atom stereocenters.